The quantitative estimate of drug-likeness (QED) is 0.476. The summed E-state index contributed by atoms with van der Waals surface area (Å²) in [6, 6.07) is 5.05. The molecule has 0 aliphatic rings. The Kier molecular flexibility index (Phi) is 3.06. The monoisotopic (exact) mass is 178 g/mol. The molecule has 1 aromatic rings. The largest absolute Gasteiger partial charge is 0.399 e. The summed E-state index contributed by atoms with van der Waals surface area (Å²) in [5.74, 6) is 0. The summed E-state index contributed by atoms with van der Waals surface area (Å²) in [5.41, 5.74) is 13.6. The Bertz CT molecular complexity index is 310. The van der Waals surface area contributed by atoms with Crippen LogP contribution in [0.15, 0.2) is 30.9 Å². The lowest BCUT2D eigenvalue weighted by molar-refractivity contribution is 0.280. The highest BCUT2D eigenvalue weighted by molar-refractivity contribution is 5.46. The molecule has 0 bridgehead atoms. The smallest absolute Gasteiger partial charge is 0.0685 e. The van der Waals surface area contributed by atoms with Gasteiger partial charge in [0.1, 0.15) is 0 Å². The van der Waals surface area contributed by atoms with E-state index < -0.39 is 0 Å². The average molecular weight is 178 g/mol. The van der Waals surface area contributed by atoms with Gasteiger partial charge in [0.2, 0.25) is 0 Å². The van der Waals surface area contributed by atoms with Gasteiger partial charge in [0.05, 0.1) is 6.61 Å². The van der Waals surface area contributed by atoms with Gasteiger partial charge in [-0.3, -0.25) is 0 Å². The average Bonchev–Trinajstić information content (AvgIpc) is 2.16. The van der Waals surface area contributed by atoms with Crippen molar-refractivity contribution in [3.8, 4) is 0 Å². The summed E-state index contributed by atoms with van der Waals surface area (Å²) < 4.78 is 0. The first-order chi connectivity index (χ1) is 6.19. The van der Waals surface area contributed by atoms with Crippen molar-refractivity contribution in [1.82, 2.24) is 0 Å². The van der Waals surface area contributed by atoms with Crippen molar-refractivity contribution in [2.75, 3.05) is 5.73 Å². The third kappa shape index (κ3) is 2.08. The maximum atomic E-state index is 9.04. The van der Waals surface area contributed by atoms with Gasteiger partial charge in [-0.2, -0.15) is 0 Å². The summed E-state index contributed by atoms with van der Waals surface area (Å²) in [7, 11) is 0. The molecule has 0 amide bonds. The van der Waals surface area contributed by atoms with Crippen LogP contribution in [-0.4, -0.2) is 5.11 Å². The fraction of sp³-hybridized carbons (Fsp3) is 0.200. The van der Waals surface area contributed by atoms with Gasteiger partial charge < -0.3 is 16.6 Å². The molecule has 0 aliphatic carbocycles. The van der Waals surface area contributed by atoms with Crippen molar-refractivity contribution in [1.29, 1.82) is 0 Å². The molecule has 0 spiro atoms. The number of nitrogen functional groups attached to an aromatic ring is 1. The molecule has 3 heteroatoms. The van der Waals surface area contributed by atoms with Gasteiger partial charge in [0.15, 0.2) is 0 Å². The summed E-state index contributed by atoms with van der Waals surface area (Å²) in [4.78, 5) is 0. The summed E-state index contributed by atoms with van der Waals surface area (Å²) in [6.07, 6.45) is 1.63. The molecule has 3 nitrogen and oxygen atoms in total. The van der Waals surface area contributed by atoms with Crippen molar-refractivity contribution in [2.45, 2.75) is 12.6 Å². The second-order valence-electron chi connectivity index (χ2n) is 2.88. The van der Waals surface area contributed by atoms with E-state index in [1.165, 1.54) is 0 Å². The molecule has 0 saturated carbocycles. The van der Waals surface area contributed by atoms with Crippen LogP contribution in [0.4, 0.5) is 5.69 Å². The van der Waals surface area contributed by atoms with Gasteiger partial charge in [-0.1, -0.05) is 12.1 Å². The van der Waals surface area contributed by atoms with E-state index >= 15 is 0 Å². The van der Waals surface area contributed by atoms with Crippen molar-refractivity contribution in [3.05, 3.63) is 42.0 Å². The molecule has 0 aromatic heterocycles. The van der Waals surface area contributed by atoms with Gasteiger partial charge in [0.25, 0.3) is 0 Å². The number of aliphatic hydroxyl groups is 1. The van der Waals surface area contributed by atoms with E-state index in [2.05, 4.69) is 6.58 Å². The Morgan fingerprint density at radius 1 is 1.54 bits per heavy atom. The first kappa shape index (κ1) is 9.77. The zero-order valence-electron chi connectivity index (χ0n) is 7.40. The normalized spacial score (nSPS) is 12.5. The van der Waals surface area contributed by atoms with E-state index in [-0.39, 0.29) is 12.6 Å². The third-order valence-electron chi connectivity index (χ3n) is 1.95. The Morgan fingerprint density at radius 3 is 2.77 bits per heavy atom. The second-order valence-corrected chi connectivity index (χ2v) is 2.88. The minimum Gasteiger partial charge on any atom is -0.399 e. The third-order valence-corrected chi connectivity index (χ3v) is 1.95. The van der Waals surface area contributed by atoms with E-state index in [0.717, 1.165) is 11.1 Å². The van der Waals surface area contributed by atoms with Crippen molar-refractivity contribution >= 4 is 5.69 Å². The highest BCUT2D eigenvalue weighted by Gasteiger charge is 2.06. The molecular formula is C10H14N2O. The Morgan fingerprint density at radius 2 is 2.23 bits per heavy atom. The van der Waals surface area contributed by atoms with Crippen molar-refractivity contribution in [2.24, 2.45) is 5.73 Å². The Balaban J connectivity index is 3.12. The van der Waals surface area contributed by atoms with Gasteiger partial charge in [0, 0.05) is 11.7 Å². The van der Waals surface area contributed by atoms with E-state index in [4.69, 9.17) is 16.6 Å². The minimum absolute atomic E-state index is 0.0537. The molecule has 0 saturated heterocycles. The number of hydrogen-bond donors (Lipinski definition) is 3. The molecule has 0 heterocycles. The fourth-order valence-corrected chi connectivity index (χ4v) is 1.21. The van der Waals surface area contributed by atoms with Crippen LogP contribution in [0.25, 0.3) is 0 Å². The zero-order chi connectivity index (χ0) is 9.84. The maximum Gasteiger partial charge on any atom is 0.0685 e. The lowest BCUT2D eigenvalue weighted by atomic mass is 10.0. The Labute approximate surface area is 77.7 Å². The number of anilines is 1. The SMILES string of the molecule is C=C[C@@H](N)c1ccc(N)cc1CO. The van der Waals surface area contributed by atoms with Crippen LogP contribution in [0, 0.1) is 0 Å². The molecule has 70 valence electrons. The second kappa shape index (κ2) is 4.07. The Hall–Kier alpha value is -1.32. The molecular weight excluding hydrogens is 164 g/mol. The molecule has 1 rings (SSSR count). The van der Waals surface area contributed by atoms with E-state index in [1.54, 1.807) is 18.2 Å². The zero-order valence-corrected chi connectivity index (χ0v) is 7.40. The van der Waals surface area contributed by atoms with E-state index in [1.807, 2.05) is 6.07 Å². The molecule has 1 aromatic carbocycles. The molecule has 0 aliphatic heterocycles. The van der Waals surface area contributed by atoms with Crippen LogP contribution in [0.1, 0.15) is 17.2 Å². The fourth-order valence-electron chi connectivity index (χ4n) is 1.21. The number of rotatable bonds is 3. The van der Waals surface area contributed by atoms with E-state index in [9.17, 15) is 0 Å². The summed E-state index contributed by atoms with van der Waals surface area (Å²) in [6.45, 7) is 3.54. The molecule has 13 heavy (non-hydrogen) atoms. The predicted molar refractivity (Wildman–Crippen MR) is 53.9 cm³/mol. The van der Waals surface area contributed by atoms with E-state index in [0.29, 0.717) is 5.69 Å². The summed E-state index contributed by atoms with van der Waals surface area (Å²) in [5, 5.41) is 9.04. The highest BCUT2D eigenvalue weighted by atomic mass is 16.3. The molecule has 0 unspecified atom stereocenters. The molecule has 5 N–H and O–H groups in total. The lowest BCUT2D eigenvalue weighted by Gasteiger charge is -2.11. The van der Waals surface area contributed by atoms with Crippen LogP contribution in [0.3, 0.4) is 0 Å². The topological polar surface area (TPSA) is 72.3 Å². The van der Waals surface area contributed by atoms with Crippen LogP contribution >= 0.6 is 0 Å². The summed E-state index contributed by atoms with van der Waals surface area (Å²) >= 11 is 0. The van der Waals surface area contributed by atoms with Crippen molar-refractivity contribution in [3.63, 3.8) is 0 Å². The number of nitrogens with two attached hydrogens (primary N) is 2. The van der Waals surface area contributed by atoms with Gasteiger partial charge in [-0.05, 0) is 23.3 Å². The van der Waals surface area contributed by atoms with Crippen molar-refractivity contribution < 1.29 is 5.11 Å². The molecule has 0 fully saturated rings. The molecule has 1 atom stereocenters. The first-order valence-corrected chi connectivity index (χ1v) is 4.06. The maximum absolute atomic E-state index is 9.04. The predicted octanol–water partition coefficient (Wildman–Crippen LogP) is 0.947. The number of aliphatic hydroxyl groups excluding tert-OH is 1. The van der Waals surface area contributed by atoms with Crippen LogP contribution in [-0.2, 0) is 6.61 Å². The standard InChI is InChI=1S/C10H14N2O/c1-2-10(12)9-4-3-8(11)5-7(9)6-13/h2-5,10,13H,1,6,11-12H2/t10-/m1/s1. The van der Waals surface area contributed by atoms with Gasteiger partial charge in [-0.25, -0.2) is 0 Å². The number of hydrogen-bond acceptors (Lipinski definition) is 3. The lowest BCUT2D eigenvalue weighted by Crippen LogP contribution is -2.10. The van der Waals surface area contributed by atoms with Crippen LogP contribution in [0.5, 0.6) is 0 Å². The number of benzene rings is 1. The van der Waals surface area contributed by atoms with Crippen LogP contribution < -0.4 is 11.5 Å². The minimum atomic E-state index is -0.247. The molecule has 0 radical (unpaired) electrons. The van der Waals surface area contributed by atoms with Gasteiger partial charge in [-0.15, -0.1) is 6.58 Å². The first-order valence-electron chi connectivity index (χ1n) is 4.06. The highest BCUT2D eigenvalue weighted by Crippen LogP contribution is 2.19. The van der Waals surface area contributed by atoms with Crippen LogP contribution in [0.2, 0.25) is 0 Å². The van der Waals surface area contributed by atoms with Gasteiger partial charge >= 0.3 is 0 Å².